The molecule has 0 bridgehead atoms. The lowest BCUT2D eigenvalue weighted by Gasteiger charge is -2.16. The summed E-state index contributed by atoms with van der Waals surface area (Å²) >= 11 is 6.13. The van der Waals surface area contributed by atoms with Crippen molar-refractivity contribution in [3.05, 3.63) is 62.4 Å². The maximum atomic E-state index is 13.3. The minimum absolute atomic E-state index is 0.114. The summed E-state index contributed by atoms with van der Waals surface area (Å²) in [5, 5.41) is 13.8. The molecule has 6 nitrogen and oxygen atoms in total. The standard InChI is InChI=1S/C18H18ClFN2O4/c1-10(2)13-8-14(19)11(3)6-17(13)26-9-18(23)21-12-4-5-15(20)16(7-12)22(24)25/h4-8,10H,9H2,1-3H3,(H,21,23). The fourth-order valence-electron chi connectivity index (χ4n) is 2.32. The molecule has 0 aliphatic rings. The molecule has 0 saturated carbocycles. The number of hydrogen-bond acceptors (Lipinski definition) is 4. The van der Waals surface area contributed by atoms with Crippen LogP contribution < -0.4 is 10.1 Å². The van der Waals surface area contributed by atoms with Gasteiger partial charge >= 0.3 is 5.69 Å². The van der Waals surface area contributed by atoms with Crippen molar-refractivity contribution in [2.75, 3.05) is 11.9 Å². The third-order valence-corrected chi connectivity index (χ3v) is 4.11. The second kappa shape index (κ2) is 8.14. The summed E-state index contributed by atoms with van der Waals surface area (Å²) < 4.78 is 18.9. The Morgan fingerprint density at radius 2 is 2.04 bits per heavy atom. The van der Waals surface area contributed by atoms with Crippen molar-refractivity contribution in [1.29, 1.82) is 0 Å². The molecular formula is C18H18ClFN2O4. The third kappa shape index (κ3) is 4.70. The van der Waals surface area contributed by atoms with Gasteiger partial charge in [0.1, 0.15) is 5.75 Å². The summed E-state index contributed by atoms with van der Waals surface area (Å²) in [6.45, 7) is 5.49. The Kier molecular flexibility index (Phi) is 6.15. The van der Waals surface area contributed by atoms with E-state index in [9.17, 15) is 19.3 Å². The number of nitrogens with zero attached hydrogens (tertiary/aromatic N) is 1. The van der Waals surface area contributed by atoms with Gasteiger partial charge in [-0.1, -0.05) is 25.4 Å². The van der Waals surface area contributed by atoms with Crippen LogP contribution >= 0.6 is 11.6 Å². The number of aryl methyl sites for hydroxylation is 1. The summed E-state index contributed by atoms with van der Waals surface area (Å²) in [7, 11) is 0. The topological polar surface area (TPSA) is 81.5 Å². The average Bonchev–Trinajstić information content (AvgIpc) is 2.56. The van der Waals surface area contributed by atoms with Gasteiger partial charge in [-0.05, 0) is 48.2 Å². The number of nitro benzene ring substituents is 1. The summed E-state index contributed by atoms with van der Waals surface area (Å²) in [4.78, 5) is 22.0. The summed E-state index contributed by atoms with van der Waals surface area (Å²) in [5.74, 6) is -0.802. The monoisotopic (exact) mass is 380 g/mol. The van der Waals surface area contributed by atoms with E-state index in [1.807, 2.05) is 20.8 Å². The lowest BCUT2D eigenvalue weighted by molar-refractivity contribution is -0.387. The molecule has 0 fully saturated rings. The van der Waals surface area contributed by atoms with Crippen LogP contribution in [-0.2, 0) is 4.79 Å². The number of rotatable bonds is 6. The maximum Gasteiger partial charge on any atom is 0.306 e. The van der Waals surface area contributed by atoms with Gasteiger partial charge in [-0.3, -0.25) is 14.9 Å². The molecule has 0 heterocycles. The van der Waals surface area contributed by atoms with Crippen molar-refractivity contribution in [3.63, 3.8) is 0 Å². The smallest absolute Gasteiger partial charge is 0.306 e. The van der Waals surface area contributed by atoms with Gasteiger partial charge in [0, 0.05) is 16.8 Å². The highest BCUT2D eigenvalue weighted by molar-refractivity contribution is 6.31. The number of halogens is 2. The molecular weight excluding hydrogens is 363 g/mol. The van der Waals surface area contributed by atoms with Crippen LogP contribution in [0.2, 0.25) is 5.02 Å². The number of ether oxygens (including phenoxy) is 1. The van der Waals surface area contributed by atoms with Crippen LogP contribution in [0.15, 0.2) is 30.3 Å². The quantitative estimate of drug-likeness (QED) is 0.574. The Morgan fingerprint density at radius 3 is 2.65 bits per heavy atom. The normalized spacial score (nSPS) is 10.7. The maximum absolute atomic E-state index is 13.3. The highest BCUT2D eigenvalue weighted by atomic mass is 35.5. The van der Waals surface area contributed by atoms with Gasteiger partial charge < -0.3 is 10.1 Å². The zero-order valence-electron chi connectivity index (χ0n) is 14.5. The first kappa shape index (κ1) is 19.7. The number of carbonyl (C=O) groups is 1. The lowest BCUT2D eigenvalue weighted by Crippen LogP contribution is -2.20. The Morgan fingerprint density at radius 1 is 1.35 bits per heavy atom. The van der Waals surface area contributed by atoms with Gasteiger partial charge in [-0.25, -0.2) is 0 Å². The Hall–Kier alpha value is -2.67. The number of carbonyl (C=O) groups excluding carboxylic acids is 1. The van der Waals surface area contributed by atoms with E-state index in [1.165, 1.54) is 6.07 Å². The molecule has 1 amide bonds. The van der Waals surface area contributed by atoms with E-state index in [-0.39, 0.29) is 18.2 Å². The minimum atomic E-state index is -0.970. The molecule has 2 aromatic carbocycles. The van der Waals surface area contributed by atoms with Crippen molar-refractivity contribution in [2.45, 2.75) is 26.7 Å². The first-order chi connectivity index (χ1) is 12.2. The van der Waals surface area contributed by atoms with Crippen molar-refractivity contribution in [2.24, 2.45) is 0 Å². The highest BCUT2D eigenvalue weighted by Crippen LogP contribution is 2.32. The van der Waals surface area contributed by atoms with E-state index in [1.54, 1.807) is 12.1 Å². The van der Waals surface area contributed by atoms with Crippen molar-refractivity contribution >= 4 is 28.9 Å². The van der Waals surface area contributed by atoms with Crippen LogP contribution in [0.1, 0.15) is 30.9 Å². The van der Waals surface area contributed by atoms with Gasteiger partial charge in [-0.15, -0.1) is 0 Å². The molecule has 0 aliphatic heterocycles. The number of nitro groups is 1. The van der Waals surface area contributed by atoms with Crippen LogP contribution in [0.3, 0.4) is 0 Å². The molecule has 138 valence electrons. The summed E-state index contributed by atoms with van der Waals surface area (Å²) in [6, 6.07) is 6.69. The average molecular weight is 381 g/mol. The predicted octanol–water partition coefficient (Wildman–Crippen LogP) is 4.84. The first-order valence-corrected chi connectivity index (χ1v) is 8.23. The molecule has 1 N–H and O–H groups in total. The van der Waals surface area contributed by atoms with Crippen molar-refractivity contribution in [3.8, 4) is 5.75 Å². The Bertz CT molecular complexity index is 855. The zero-order chi connectivity index (χ0) is 19.4. The number of nitrogens with one attached hydrogen (secondary N) is 1. The molecule has 0 atom stereocenters. The number of benzene rings is 2. The van der Waals surface area contributed by atoms with Crippen molar-refractivity contribution in [1.82, 2.24) is 0 Å². The van der Waals surface area contributed by atoms with Crippen molar-refractivity contribution < 1.29 is 18.8 Å². The molecule has 0 saturated heterocycles. The van der Waals surface area contributed by atoms with E-state index in [0.29, 0.717) is 10.8 Å². The fourth-order valence-corrected chi connectivity index (χ4v) is 2.49. The molecule has 0 aromatic heterocycles. The van der Waals surface area contributed by atoms with Crippen LogP contribution in [0.4, 0.5) is 15.8 Å². The molecule has 0 aliphatic carbocycles. The predicted molar refractivity (Wildman–Crippen MR) is 97.5 cm³/mol. The zero-order valence-corrected chi connectivity index (χ0v) is 15.3. The molecule has 0 spiro atoms. The van der Waals surface area contributed by atoms with Crippen LogP contribution in [-0.4, -0.2) is 17.4 Å². The number of anilines is 1. The number of hydrogen-bond donors (Lipinski definition) is 1. The van der Waals surface area contributed by atoms with Gasteiger partial charge in [-0.2, -0.15) is 4.39 Å². The van der Waals surface area contributed by atoms with Gasteiger partial charge in [0.25, 0.3) is 5.91 Å². The van der Waals surface area contributed by atoms with E-state index in [2.05, 4.69) is 5.32 Å². The Balaban J connectivity index is 2.09. The SMILES string of the molecule is Cc1cc(OCC(=O)Nc2ccc(F)c([N+](=O)[O-])c2)c(C(C)C)cc1Cl. The second-order valence-electron chi connectivity index (χ2n) is 6.05. The third-order valence-electron chi connectivity index (χ3n) is 3.70. The summed E-state index contributed by atoms with van der Waals surface area (Å²) in [6.07, 6.45) is 0. The largest absolute Gasteiger partial charge is 0.483 e. The molecule has 8 heteroatoms. The van der Waals surface area contributed by atoms with Crippen LogP contribution in [0.25, 0.3) is 0 Å². The fraction of sp³-hybridized carbons (Fsp3) is 0.278. The first-order valence-electron chi connectivity index (χ1n) is 7.85. The number of amides is 1. The van der Waals surface area contributed by atoms with Gasteiger partial charge in [0.05, 0.1) is 4.92 Å². The van der Waals surface area contributed by atoms with E-state index >= 15 is 0 Å². The van der Waals surface area contributed by atoms with E-state index in [4.69, 9.17) is 16.3 Å². The molecule has 0 radical (unpaired) electrons. The molecule has 2 rings (SSSR count). The minimum Gasteiger partial charge on any atom is -0.483 e. The highest BCUT2D eigenvalue weighted by Gasteiger charge is 2.16. The summed E-state index contributed by atoms with van der Waals surface area (Å²) in [5.41, 5.74) is 1.09. The van der Waals surface area contributed by atoms with Crippen LogP contribution in [0, 0.1) is 22.9 Å². The van der Waals surface area contributed by atoms with Gasteiger partial charge in [0.15, 0.2) is 6.61 Å². The molecule has 26 heavy (non-hydrogen) atoms. The van der Waals surface area contributed by atoms with E-state index < -0.39 is 22.3 Å². The van der Waals surface area contributed by atoms with Gasteiger partial charge in [0.2, 0.25) is 5.82 Å². The van der Waals surface area contributed by atoms with E-state index in [0.717, 1.165) is 23.3 Å². The second-order valence-corrected chi connectivity index (χ2v) is 6.46. The Labute approximate surface area is 155 Å². The lowest BCUT2D eigenvalue weighted by atomic mass is 10.0. The molecule has 0 unspecified atom stereocenters. The van der Waals surface area contributed by atoms with Crippen LogP contribution in [0.5, 0.6) is 5.75 Å². The molecule has 2 aromatic rings.